The van der Waals surface area contributed by atoms with E-state index in [1.54, 1.807) is 0 Å². The molecular formula is C22H31NO5. The van der Waals surface area contributed by atoms with Gasteiger partial charge in [-0.3, -0.25) is 4.79 Å². The normalized spacial score (nSPS) is 32.8. The fourth-order valence-electron chi connectivity index (χ4n) is 4.52. The van der Waals surface area contributed by atoms with Crippen LogP contribution in [0.2, 0.25) is 0 Å². The molecule has 3 atom stereocenters. The maximum atomic E-state index is 13.2. The van der Waals surface area contributed by atoms with Crippen molar-refractivity contribution in [1.82, 2.24) is 4.90 Å². The molecule has 6 nitrogen and oxygen atoms in total. The van der Waals surface area contributed by atoms with Gasteiger partial charge in [0.05, 0.1) is 37.9 Å². The number of carbonyl (C=O) groups excluding carboxylic acids is 1. The van der Waals surface area contributed by atoms with Crippen LogP contribution < -0.4 is 0 Å². The Morgan fingerprint density at radius 1 is 1.00 bits per heavy atom. The fourth-order valence-corrected chi connectivity index (χ4v) is 4.52. The zero-order valence-electron chi connectivity index (χ0n) is 17.2. The van der Waals surface area contributed by atoms with Gasteiger partial charge in [-0.05, 0) is 39.7 Å². The van der Waals surface area contributed by atoms with Crippen molar-refractivity contribution in [3.05, 3.63) is 35.9 Å². The molecule has 3 fully saturated rings. The number of hydrogen-bond donors (Lipinski definition) is 0. The number of β-lactam (4-membered cyclic amide) rings is 1. The molecule has 6 heteroatoms. The van der Waals surface area contributed by atoms with Gasteiger partial charge in [0.2, 0.25) is 5.91 Å². The van der Waals surface area contributed by atoms with Crippen LogP contribution >= 0.6 is 0 Å². The summed E-state index contributed by atoms with van der Waals surface area (Å²) in [6.07, 6.45) is 0.596. The van der Waals surface area contributed by atoms with Gasteiger partial charge in [0.1, 0.15) is 0 Å². The minimum Gasteiger partial charge on any atom is -0.350 e. The van der Waals surface area contributed by atoms with Gasteiger partial charge >= 0.3 is 0 Å². The second-order valence-corrected chi connectivity index (χ2v) is 8.94. The second-order valence-electron chi connectivity index (χ2n) is 8.94. The predicted octanol–water partition coefficient (Wildman–Crippen LogP) is 2.95. The van der Waals surface area contributed by atoms with E-state index in [0.29, 0.717) is 26.4 Å². The van der Waals surface area contributed by atoms with Crippen LogP contribution in [0.1, 0.15) is 39.7 Å². The van der Waals surface area contributed by atoms with Crippen LogP contribution in [0.3, 0.4) is 0 Å². The summed E-state index contributed by atoms with van der Waals surface area (Å²) in [7, 11) is 0. The smallest absolute Gasteiger partial charge is 0.231 e. The number of benzene rings is 1. The van der Waals surface area contributed by atoms with Crippen molar-refractivity contribution in [3.8, 4) is 0 Å². The number of likely N-dealkylation sites (tertiary alicyclic amines) is 1. The quantitative estimate of drug-likeness (QED) is 0.741. The largest absolute Gasteiger partial charge is 0.350 e. The van der Waals surface area contributed by atoms with E-state index in [1.807, 2.05) is 50.8 Å². The molecular weight excluding hydrogens is 358 g/mol. The minimum absolute atomic E-state index is 0.0442. The summed E-state index contributed by atoms with van der Waals surface area (Å²) in [6.45, 7) is 10.1. The molecule has 0 spiro atoms. The lowest BCUT2D eigenvalue weighted by Gasteiger charge is -2.55. The summed E-state index contributed by atoms with van der Waals surface area (Å²) in [5.74, 6) is -1.11. The van der Waals surface area contributed by atoms with E-state index in [1.165, 1.54) is 0 Å². The number of rotatable bonds is 4. The highest BCUT2D eigenvalue weighted by molar-refractivity contribution is 5.87. The van der Waals surface area contributed by atoms with Gasteiger partial charge in [-0.1, -0.05) is 30.3 Å². The third-order valence-electron chi connectivity index (χ3n) is 5.95. The van der Waals surface area contributed by atoms with Crippen molar-refractivity contribution >= 4 is 5.91 Å². The highest BCUT2D eigenvalue weighted by Crippen LogP contribution is 2.42. The number of hydrogen-bond acceptors (Lipinski definition) is 5. The summed E-state index contributed by atoms with van der Waals surface area (Å²) in [5.41, 5.74) is 1.13. The molecule has 154 valence electrons. The van der Waals surface area contributed by atoms with Crippen LogP contribution in [-0.4, -0.2) is 54.3 Å². The van der Waals surface area contributed by atoms with Crippen LogP contribution in [0.15, 0.2) is 30.3 Å². The molecule has 0 aromatic heterocycles. The fraction of sp³-hybridized carbons (Fsp3) is 0.682. The van der Waals surface area contributed by atoms with E-state index in [4.69, 9.17) is 18.9 Å². The van der Waals surface area contributed by atoms with Crippen LogP contribution in [0.5, 0.6) is 0 Å². The Kier molecular flexibility index (Phi) is 5.25. The SMILES string of the molecule is CC1(C)OCC([C@H]2[C@@H]([C@H]3CCOC(C)(C)O3)C(=O)N2Cc2ccccc2)CO1. The van der Waals surface area contributed by atoms with Crippen molar-refractivity contribution in [2.24, 2.45) is 11.8 Å². The first-order valence-corrected chi connectivity index (χ1v) is 10.2. The lowest BCUT2D eigenvalue weighted by molar-refractivity contribution is -0.301. The summed E-state index contributed by atoms with van der Waals surface area (Å²) < 4.78 is 23.7. The Balaban J connectivity index is 1.54. The molecule has 0 saturated carbocycles. The zero-order chi connectivity index (χ0) is 19.9. The Bertz CT molecular complexity index is 694. The summed E-state index contributed by atoms with van der Waals surface area (Å²) >= 11 is 0. The number of nitrogens with zero attached hydrogens (tertiary/aromatic N) is 1. The summed E-state index contributed by atoms with van der Waals surface area (Å²) in [6, 6.07) is 10.2. The summed E-state index contributed by atoms with van der Waals surface area (Å²) in [4.78, 5) is 15.2. The van der Waals surface area contributed by atoms with E-state index < -0.39 is 11.6 Å². The number of carbonyl (C=O) groups is 1. The van der Waals surface area contributed by atoms with E-state index >= 15 is 0 Å². The Hall–Kier alpha value is -1.47. The molecule has 0 N–H and O–H groups in total. The van der Waals surface area contributed by atoms with Gasteiger partial charge in [0.25, 0.3) is 0 Å². The maximum Gasteiger partial charge on any atom is 0.231 e. The average Bonchev–Trinajstić information content (AvgIpc) is 2.64. The lowest BCUT2D eigenvalue weighted by atomic mass is 9.74. The predicted molar refractivity (Wildman–Crippen MR) is 103 cm³/mol. The van der Waals surface area contributed by atoms with Gasteiger partial charge in [0.15, 0.2) is 11.6 Å². The molecule has 28 heavy (non-hydrogen) atoms. The maximum absolute atomic E-state index is 13.2. The molecule has 0 radical (unpaired) electrons. The molecule has 1 aromatic rings. The molecule has 0 unspecified atom stereocenters. The molecule has 4 rings (SSSR count). The first-order valence-electron chi connectivity index (χ1n) is 10.2. The van der Waals surface area contributed by atoms with Gasteiger partial charge in [-0.25, -0.2) is 0 Å². The van der Waals surface area contributed by atoms with E-state index in [0.717, 1.165) is 12.0 Å². The molecule has 3 saturated heterocycles. The van der Waals surface area contributed by atoms with Crippen LogP contribution in [0.25, 0.3) is 0 Å². The van der Waals surface area contributed by atoms with Crippen LogP contribution in [-0.2, 0) is 30.3 Å². The third-order valence-corrected chi connectivity index (χ3v) is 5.95. The van der Waals surface area contributed by atoms with Crippen LogP contribution in [0, 0.1) is 11.8 Å². The monoisotopic (exact) mass is 389 g/mol. The van der Waals surface area contributed by atoms with E-state index in [-0.39, 0.29) is 29.9 Å². The standard InChI is InChI=1S/C22H31NO5/c1-21(2)26-13-16(14-27-21)19-18(17-10-11-25-22(3,4)28-17)20(24)23(19)12-15-8-6-5-7-9-15/h5-9,16-19H,10-14H2,1-4H3/t17-,18-,19+/m1/s1. The van der Waals surface area contributed by atoms with Crippen molar-refractivity contribution in [2.45, 2.75) is 64.4 Å². The molecule has 1 amide bonds. The minimum atomic E-state index is -0.658. The molecule has 3 aliphatic rings. The van der Waals surface area contributed by atoms with Crippen molar-refractivity contribution in [1.29, 1.82) is 0 Å². The Morgan fingerprint density at radius 3 is 2.32 bits per heavy atom. The highest BCUT2D eigenvalue weighted by atomic mass is 16.7. The molecule has 0 aliphatic carbocycles. The Morgan fingerprint density at radius 2 is 1.68 bits per heavy atom. The highest BCUT2D eigenvalue weighted by Gasteiger charge is 2.56. The van der Waals surface area contributed by atoms with Crippen LogP contribution in [0.4, 0.5) is 0 Å². The van der Waals surface area contributed by atoms with Gasteiger partial charge < -0.3 is 23.8 Å². The average molecular weight is 389 g/mol. The van der Waals surface area contributed by atoms with Crippen molar-refractivity contribution < 1.29 is 23.7 Å². The number of ether oxygens (including phenoxy) is 4. The Labute approximate surface area is 167 Å². The van der Waals surface area contributed by atoms with Crippen molar-refractivity contribution in [3.63, 3.8) is 0 Å². The van der Waals surface area contributed by atoms with Gasteiger partial charge in [0, 0.05) is 12.5 Å². The van der Waals surface area contributed by atoms with Gasteiger partial charge in [-0.15, -0.1) is 0 Å². The molecule has 3 aliphatic heterocycles. The third kappa shape index (κ3) is 3.96. The second kappa shape index (κ2) is 7.41. The first kappa shape index (κ1) is 19.8. The van der Waals surface area contributed by atoms with E-state index in [2.05, 4.69) is 12.1 Å². The molecule has 3 heterocycles. The first-order chi connectivity index (χ1) is 13.3. The molecule has 1 aromatic carbocycles. The topological polar surface area (TPSA) is 57.2 Å². The molecule has 0 bridgehead atoms. The van der Waals surface area contributed by atoms with Gasteiger partial charge in [-0.2, -0.15) is 0 Å². The van der Waals surface area contributed by atoms with E-state index in [9.17, 15) is 4.79 Å². The summed E-state index contributed by atoms with van der Waals surface area (Å²) in [5, 5.41) is 0. The lowest BCUT2D eigenvalue weighted by Crippen LogP contribution is -2.70. The number of amides is 1. The van der Waals surface area contributed by atoms with Crippen molar-refractivity contribution in [2.75, 3.05) is 19.8 Å². The zero-order valence-corrected chi connectivity index (χ0v) is 17.2.